The van der Waals surface area contributed by atoms with Crippen molar-refractivity contribution in [2.75, 3.05) is 14.2 Å². The topological polar surface area (TPSA) is 49.9 Å². The Morgan fingerprint density at radius 1 is 1.28 bits per heavy atom. The number of methoxy groups -OCH3 is 1. The number of hydrogen-bond acceptors (Lipinski definition) is 3. The Morgan fingerprint density at radius 2 is 2.06 bits per heavy atom. The third-order valence-corrected chi connectivity index (χ3v) is 2.99. The van der Waals surface area contributed by atoms with Crippen LogP contribution in [0.4, 0.5) is 0 Å². The van der Waals surface area contributed by atoms with Crippen LogP contribution in [0.3, 0.4) is 0 Å². The molecule has 4 heteroatoms. The fraction of sp³-hybridized carbons (Fsp3) is 0.357. The molecule has 96 valence electrons. The van der Waals surface area contributed by atoms with Crippen LogP contribution in [0.25, 0.3) is 11.1 Å². The lowest BCUT2D eigenvalue weighted by Crippen LogP contribution is -2.06. The van der Waals surface area contributed by atoms with Gasteiger partial charge in [-0.15, -0.1) is 0 Å². The molecule has 2 rings (SSSR count). The van der Waals surface area contributed by atoms with E-state index in [1.807, 2.05) is 13.2 Å². The number of rotatable bonds is 4. The molecule has 0 aliphatic heterocycles. The summed E-state index contributed by atoms with van der Waals surface area (Å²) in [6.45, 7) is 4.91. The Bertz CT molecular complexity index is 546. The monoisotopic (exact) mass is 245 g/mol. The van der Waals surface area contributed by atoms with Crippen LogP contribution >= 0.6 is 0 Å². The molecule has 1 aromatic heterocycles. The molecule has 0 aliphatic carbocycles. The van der Waals surface area contributed by atoms with E-state index in [1.54, 1.807) is 7.11 Å². The molecule has 2 N–H and O–H groups in total. The van der Waals surface area contributed by atoms with E-state index < -0.39 is 0 Å². The first-order chi connectivity index (χ1) is 8.67. The van der Waals surface area contributed by atoms with Crippen LogP contribution in [0, 0.1) is 13.8 Å². The van der Waals surface area contributed by atoms with Crippen molar-refractivity contribution in [3.63, 3.8) is 0 Å². The maximum atomic E-state index is 5.53. The molecule has 0 saturated carbocycles. The molecule has 0 amide bonds. The van der Waals surface area contributed by atoms with Crippen molar-refractivity contribution in [3.05, 3.63) is 35.2 Å². The number of nitrogens with zero attached hydrogens (tertiary/aromatic N) is 1. The minimum absolute atomic E-state index is 0.755. The Hall–Kier alpha value is -1.81. The van der Waals surface area contributed by atoms with Crippen molar-refractivity contribution in [2.24, 2.45) is 0 Å². The molecular weight excluding hydrogens is 226 g/mol. The summed E-state index contributed by atoms with van der Waals surface area (Å²) in [5.41, 5.74) is 5.62. The second-order valence-corrected chi connectivity index (χ2v) is 4.46. The van der Waals surface area contributed by atoms with Gasteiger partial charge in [0.1, 0.15) is 5.75 Å². The molecule has 2 aromatic rings. The zero-order chi connectivity index (χ0) is 13.1. The summed E-state index contributed by atoms with van der Waals surface area (Å²) in [4.78, 5) is 0. The molecule has 0 aliphatic rings. The van der Waals surface area contributed by atoms with Gasteiger partial charge >= 0.3 is 0 Å². The third-order valence-electron chi connectivity index (χ3n) is 2.99. The van der Waals surface area contributed by atoms with Gasteiger partial charge < -0.3 is 10.1 Å². The summed E-state index contributed by atoms with van der Waals surface area (Å²) in [6.07, 6.45) is 1.85. The van der Waals surface area contributed by atoms with Crippen LogP contribution in [-0.4, -0.2) is 24.4 Å². The molecular formula is C14H19N3O. The van der Waals surface area contributed by atoms with Crippen LogP contribution in [0.1, 0.15) is 16.8 Å². The summed E-state index contributed by atoms with van der Waals surface area (Å²) in [6, 6.07) is 4.26. The number of aryl methyl sites for hydroxylation is 2. The Labute approximate surface area is 107 Å². The Morgan fingerprint density at radius 3 is 2.72 bits per heavy atom. The largest absolute Gasteiger partial charge is 0.496 e. The number of hydrogen-bond donors (Lipinski definition) is 2. The molecule has 0 radical (unpaired) electrons. The van der Waals surface area contributed by atoms with Gasteiger partial charge in [0, 0.05) is 17.7 Å². The summed E-state index contributed by atoms with van der Waals surface area (Å²) in [5, 5.41) is 10.3. The molecule has 0 fully saturated rings. The first-order valence-corrected chi connectivity index (χ1v) is 5.99. The van der Waals surface area contributed by atoms with Crippen LogP contribution in [0.15, 0.2) is 18.3 Å². The summed E-state index contributed by atoms with van der Waals surface area (Å²) >= 11 is 0. The number of benzene rings is 1. The second kappa shape index (κ2) is 5.23. The van der Waals surface area contributed by atoms with Gasteiger partial charge in [-0.25, -0.2) is 0 Å². The maximum absolute atomic E-state index is 5.53. The van der Waals surface area contributed by atoms with Gasteiger partial charge in [-0.3, -0.25) is 5.10 Å². The number of ether oxygens (including phenoxy) is 1. The van der Waals surface area contributed by atoms with E-state index in [9.17, 15) is 0 Å². The fourth-order valence-electron chi connectivity index (χ4n) is 2.28. The fourth-order valence-corrected chi connectivity index (χ4v) is 2.28. The van der Waals surface area contributed by atoms with Crippen molar-refractivity contribution in [3.8, 4) is 16.9 Å². The normalized spacial score (nSPS) is 10.7. The van der Waals surface area contributed by atoms with Crippen LogP contribution in [0.2, 0.25) is 0 Å². The molecule has 0 spiro atoms. The van der Waals surface area contributed by atoms with Gasteiger partial charge in [-0.2, -0.15) is 5.10 Å². The third kappa shape index (κ3) is 2.24. The highest BCUT2D eigenvalue weighted by Crippen LogP contribution is 2.35. The van der Waals surface area contributed by atoms with Crippen molar-refractivity contribution < 1.29 is 4.74 Å². The first kappa shape index (κ1) is 12.6. The maximum Gasteiger partial charge on any atom is 0.129 e. The van der Waals surface area contributed by atoms with Crippen molar-refractivity contribution in [2.45, 2.75) is 20.4 Å². The quantitative estimate of drug-likeness (QED) is 0.869. The van der Waals surface area contributed by atoms with E-state index in [4.69, 9.17) is 4.74 Å². The molecule has 0 bridgehead atoms. The SMILES string of the molecule is CNCc1[nH]ncc1-c1cc(C)cc(C)c1OC. The number of nitrogens with one attached hydrogen (secondary N) is 2. The van der Waals surface area contributed by atoms with E-state index in [-0.39, 0.29) is 0 Å². The summed E-state index contributed by atoms with van der Waals surface area (Å²) < 4.78 is 5.53. The average molecular weight is 245 g/mol. The molecule has 1 heterocycles. The van der Waals surface area contributed by atoms with E-state index in [0.29, 0.717) is 0 Å². The average Bonchev–Trinajstić information content (AvgIpc) is 2.76. The van der Waals surface area contributed by atoms with E-state index in [1.165, 1.54) is 5.56 Å². The highest BCUT2D eigenvalue weighted by atomic mass is 16.5. The predicted molar refractivity (Wildman–Crippen MR) is 72.8 cm³/mol. The number of aromatic amines is 1. The number of aromatic nitrogens is 2. The van der Waals surface area contributed by atoms with Crippen molar-refractivity contribution in [1.29, 1.82) is 0 Å². The van der Waals surface area contributed by atoms with Crippen molar-refractivity contribution in [1.82, 2.24) is 15.5 Å². The Balaban J connectivity index is 2.58. The van der Waals surface area contributed by atoms with Crippen molar-refractivity contribution >= 4 is 0 Å². The lowest BCUT2D eigenvalue weighted by molar-refractivity contribution is 0.413. The molecule has 1 aromatic carbocycles. The first-order valence-electron chi connectivity index (χ1n) is 5.99. The van der Waals surface area contributed by atoms with E-state index in [2.05, 4.69) is 41.5 Å². The van der Waals surface area contributed by atoms with Gasteiger partial charge in [0.2, 0.25) is 0 Å². The molecule has 0 saturated heterocycles. The minimum atomic E-state index is 0.755. The molecule has 4 nitrogen and oxygen atoms in total. The second-order valence-electron chi connectivity index (χ2n) is 4.46. The molecule has 0 unspecified atom stereocenters. The Kier molecular flexibility index (Phi) is 3.67. The van der Waals surface area contributed by atoms with Crippen LogP contribution in [-0.2, 0) is 6.54 Å². The van der Waals surface area contributed by atoms with E-state index in [0.717, 1.165) is 34.7 Å². The summed E-state index contributed by atoms with van der Waals surface area (Å²) in [7, 11) is 3.63. The zero-order valence-electron chi connectivity index (χ0n) is 11.3. The lowest BCUT2D eigenvalue weighted by Gasteiger charge is -2.13. The van der Waals surface area contributed by atoms with E-state index >= 15 is 0 Å². The molecule has 0 atom stereocenters. The lowest BCUT2D eigenvalue weighted by atomic mass is 9.99. The van der Waals surface area contributed by atoms with Gasteiger partial charge in [-0.05, 0) is 38.1 Å². The standard InChI is InChI=1S/C14H19N3O/c1-9-5-10(2)14(18-4)11(6-9)12-7-16-17-13(12)8-15-3/h5-7,15H,8H2,1-4H3,(H,16,17). The zero-order valence-corrected chi connectivity index (χ0v) is 11.3. The van der Waals surface area contributed by atoms with Gasteiger partial charge in [0.05, 0.1) is 19.0 Å². The minimum Gasteiger partial charge on any atom is -0.496 e. The predicted octanol–water partition coefficient (Wildman–Crippen LogP) is 2.42. The van der Waals surface area contributed by atoms with Crippen LogP contribution < -0.4 is 10.1 Å². The molecule has 18 heavy (non-hydrogen) atoms. The highest BCUT2D eigenvalue weighted by molar-refractivity contribution is 5.74. The highest BCUT2D eigenvalue weighted by Gasteiger charge is 2.14. The number of H-pyrrole nitrogens is 1. The van der Waals surface area contributed by atoms with Gasteiger partial charge in [0.15, 0.2) is 0 Å². The van der Waals surface area contributed by atoms with Crippen LogP contribution in [0.5, 0.6) is 5.75 Å². The van der Waals surface area contributed by atoms with Gasteiger partial charge in [-0.1, -0.05) is 6.07 Å². The summed E-state index contributed by atoms with van der Waals surface area (Å²) in [5.74, 6) is 0.916. The smallest absolute Gasteiger partial charge is 0.129 e. The van der Waals surface area contributed by atoms with Gasteiger partial charge in [0.25, 0.3) is 0 Å².